The molecule has 0 saturated carbocycles. The van der Waals surface area contributed by atoms with Gasteiger partial charge in [0.15, 0.2) is 0 Å². The van der Waals surface area contributed by atoms with Gasteiger partial charge in [-0.2, -0.15) is 0 Å². The number of anilines is 2. The Hall–Kier alpha value is -2.37. The zero-order valence-corrected chi connectivity index (χ0v) is 12.4. The molecule has 0 aliphatic carbocycles. The van der Waals surface area contributed by atoms with E-state index in [1.54, 1.807) is 24.3 Å². The molecule has 0 unspecified atom stereocenters. The van der Waals surface area contributed by atoms with Gasteiger partial charge >= 0.3 is 0 Å². The normalized spacial score (nSPS) is 10.6. The van der Waals surface area contributed by atoms with Crippen molar-refractivity contribution < 1.29 is 9.90 Å². The van der Waals surface area contributed by atoms with Gasteiger partial charge in [-0.3, -0.25) is 9.69 Å². The van der Waals surface area contributed by atoms with Crippen molar-refractivity contribution in [2.45, 2.75) is 6.54 Å². The van der Waals surface area contributed by atoms with Crippen molar-refractivity contribution in [2.24, 2.45) is 0 Å². The van der Waals surface area contributed by atoms with Crippen LogP contribution in [0.3, 0.4) is 0 Å². The Morgan fingerprint density at radius 3 is 2.41 bits per heavy atom. The monoisotopic (exact) mass is 299 g/mol. The molecular weight excluding hydrogens is 278 g/mol. The predicted molar refractivity (Wildman–Crippen MR) is 88.3 cm³/mol. The number of nitrogen functional groups attached to an aromatic ring is 1. The molecule has 2 rings (SSSR count). The fourth-order valence-corrected chi connectivity index (χ4v) is 2.17. The van der Waals surface area contributed by atoms with Crippen LogP contribution in [0.4, 0.5) is 11.4 Å². The molecule has 0 fully saturated rings. The zero-order chi connectivity index (χ0) is 15.8. The zero-order valence-electron chi connectivity index (χ0n) is 12.4. The smallest absolute Gasteiger partial charge is 0.238 e. The van der Waals surface area contributed by atoms with E-state index in [1.165, 1.54) is 0 Å². The standard InChI is InChI=1S/C17H21N3O2/c18-15-6-8-16(9-7-15)19-17(22)13-20(10-11-21)12-14-4-2-1-3-5-14/h1-9,21H,10-13,18H2,(H,19,22). The molecule has 0 heterocycles. The molecule has 0 radical (unpaired) electrons. The fourth-order valence-electron chi connectivity index (χ4n) is 2.17. The Morgan fingerprint density at radius 1 is 1.09 bits per heavy atom. The van der Waals surface area contributed by atoms with Gasteiger partial charge in [-0.25, -0.2) is 0 Å². The Bertz CT molecular complexity index is 585. The first-order valence-electron chi connectivity index (χ1n) is 7.20. The second kappa shape index (κ2) is 8.17. The minimum Gasteiger partial charge on any atom is -0.399 e. The van der Waals surface area contributed by atoms with Crippen LogP contribution in [0, 0.1) is 0 Å². The van der Waals surface area contributed by atoms with Gasteiger partial charge in [0, 0.05) is 24.5 Å². The van der Waals surface area contributed by atoms with E-state index in [0.29, 0.717) is 24.5 Å². The summed E-state index contributed by atoms with van der Waals surface area (Å²) in [4.78, 5) is 14.0. The third-order valence-electron chi connectivity index (χ3n) is 3.23. The first-order valence-corrected chi connectivity index (χ1v) is 7.20. The Morgan fingerprint density at radius 2 is 1.77 bits per heavy atom. The van der Waals surface area contributed by atoms with Gasteiger partial charge in [0.1, 0.15) is 0 Å². The largest absolute Gasteiger partial charge is 0.399 e. The molecule has 0 atom stereocenters. The highest BCUT2D eigenvalue weighted by Crippen LogP contribution is 2.11. The number of hydrogen-bond donors (Lipinski definition) is 3. The maximum absolute atomic E-state index is 12.1. The van der Waals surface area contributed by atoms with Gasteiger partial charge < -0.3 is 16.2 Å². The summed E-state index contributed by atoms with van der Waals surface area (Å²) < 4.78 is 0. The van der Waals surface area contributed by atoms with Crippen LogP contribution < -0.4 is 11.1 Å². The van der Waals surface area contributed by atoms with Gasteiger partial charge in [-0.15, -0.1) is 0 Å². The molecule has 2 aromatic rings. The maximum Gasteiger partial charge on any atom is 0.238 e. The van der Waals surface area contributed by atoms with Crippen molar-refractivity contribution in [3.05, 3.63) is 60.2 Å². The molecule has 0 spiro atoms. The first kappa shape index (κ1) is 16.0. The molecule has 22 heavy (non-hydrogen) atoms. The highest BCUT2D eigenvalue weighted by molar-refractivity contribution is 5.92. The molecule has 5 nitrogen and oxygen atoms in total. The minimum absolute atomic E-state index is 0.0159. The Labute approximate surface area is 130 Å². The lowest BCUT2D eigenvalue weighted by Gasteiger charge is -2.20. The third kappa shape index (κ3) is 5.20. The van der Waals surface area contributed by atoms with E-state index in [2.05, 4.69) is 5.32 Å². The maximum atomic E-state index is 12.1. The van der Waals surface area contributed by atoms with Crippen molar-refractivity contribution in [1.82, 2.24) is 4.90 Å². The van der Waals surface area contributed by atoms with E-state index >= 15 is 0 Å². The average molecular weight is 299 g/mol. The van der Waals surface area contributed by atoms with Crippen LogP contribution >= 0.6 is 0 Å². The van der Waals surface area contributed by atoms with E-state index in [-0.39, 0.29) is 19.1 Å². The van der Waals surface area contributed by atoms with Crippen molar-refractivity contribution in [3.63, 3.8) is 0 Å². The Balaban J connectivity index is 1.92. The van der Waals surface area contributed by atoms with Gasteiger partial charge in [0.2, 0.25) is 5.91 Å². The van der Waals surface area contributed by atoms with E-state index in [4.69, 9.17) is 10.8 Å². The molecular formula is C17H21N3O2. The van der Waals surface area contributed by atoms with E-state index < -0.39 is 0 Å². The number of nitrogens with two attached hydrogens (primary N) is 1. The molecule has 2 aromatic carbocycles. The number of nitrogens with zero attached hydrogens (tertiary/aromatic N) is 1. The number of benzene rings is 2. The fraction of sp³-hybridized carbons (Fsp3) is 0.235. The second-order valence-electron chi connectivity index (χ2n) is 5.09. The number of nitrogens with one attached hydrogen (secondary N) is 1. The highest BCUT2D eigenvalue weighted by atomic mass is 16.3. The van der Waals surface area contributed by atoms with Crippen molar-refractivity contribution >= 4 is 17.3 Å². The van der Waals surface area contributed by atoms with Crippen LogP contribution in [-0.4, -0.2) is 35.6 Å². The molecule has 4 N–H and O–H groups in total. The van der Waals surface area contributed by atoms with Gasteiger partial charge in [0.25, 0.3) is 0 Å². The lowest BCUT2D eigenvalue weighted by molar-refractivity contribution is -0.117. The summed E-state index contributed by atoms with van der Waals surface area (Å²) in [7, 11) is 0. The summed E-state index contributed by atoms with van der Waals surface area (Å²) in [6.45, 7) is 1.31. The number of carbonyl (C=O) groups excluding carboxylic acids is 1. The van der Waals surface area contributed by atoms with Gasteiger partial charge in [-0.1, -0.05) is 30.3 Å². The van der Waals surface area contributed by atoms with Crippen LogP contribution in [0.15, 0.2) is 54.6 Å². The van der Waals surface area contributed by atoms with Crippen LogP contribution in [-0.2, 0) is 11.3 Å². The van der Waals surface area contributed by atoms with Crippen LogP contribution in [0.1, 0.15) is 5.56 Å². The summed E-state index contributed by atoms with van der Waals surface area (Å²) in [5.74, 6) is -0.117. The summed E-state index contributed by atoms with van der Waals surface area (Å²) in [5, 5.41) is 12.0. The highest BCUT2D eigenvalue weighted by Gasteiger charge is 2.11. The van der Waals surface area contributed by atoms with Crippen molar-refractivity contribution in [2.75, 3.05) is 30.7 Å². The average Bonchev–Trinajstić information content (AvgIpc) is 2.51. The number of aliphatic hydroxyl groups is 1. The van der Waals surface area contributed by atoms with Gasteiger partial charge in [0.05, 0.1) is 13.2 Å². The van der Waals surface area contributed by atoms with Crippen molar-refractivity contribution in [3.8, 4) is 0 Å². The molecule has 5 heteroatoms. The Kier molecular flexibility index (Phi) is 5.94. The topological polar surface area (TPSA) is 78.6 Å². The molecule has 0 saturated heterocycles. The molecule has 116 valence electrons. The van der Waals surface area contributed by atoms with E-state index in [1.807, 2.05) is 35.2 Å². The summed E-state index contributed by atoms with van der Waals surface area (Å²) in [6.07, 6.45) is 0. The van der Waals surface area contributed by atoms with E-state index in [0.717, 1.165) is 5.56 Å². The summed E-state index contributed by atoms with van der Waals surface area (Å²) in [6, 6.07) is 16.9. The number of rotatable bonds is 7. The van der Waals surface area contributed by atoms with Crippen LogP contribution in [0.5, 0.6) is 0 Å². The molecule has 0 bridgehead atoms. The second-order valence-corrected chi connectivity index (χ2v) is 5.09. The van der Waals surface area contributed by atoms with Crippen molar-refractivity contribution in [1.29, 1.82) is 0 Å². The summed E-state index contributed by atoms with van der Waals surface area (Å²) >= 11 is 0. The minimum atomic E-state index is -0.117. The lowest BCUT2D eigenvalue weighted by atomic mass is 10.2. The SMILES string of the molecule is Nc1ccc(NC(=O)CN(CCO)Cc2ccccc2)cc1. The number of carbonyl (C=O) groups is 1. The molecule has 0 aromatic heterocycles. The van der Waals surface area contributed by atoms with Gasteiger partial charge in [-0.05, 0) is 29.8 Å². The molecule has 0 aliphatic heterocycles. The third-order valence-corrected chi connectivity index (χ3v) is 3.23. The molecule has 0 aliphatic rings. The quantitative estimate of drug-likeness (QED) is 0.680. The number of amides is 1. The number of hydrogen-bond acceptors (Lipinski definition) is 4. The molecule has 1 amide bonds. The van der Waals surface area contributed by atoms with Crippen LogP contribution in [0.25, 0.3) is 0 Å². The summed E-state index contributed by atoms with van der Waals surface area (Å²) in [5.41, 5.74) is 8.09. The first-order chi connectivity index (χ1) is 10.7. The lowest BCUT2D eigenvalue weighted by Crippen LogP contribution is -2.34. The van der Waals surface area contributed by atoms with Crippen LogP contribution in [0.2, 0.25) is 0 Å². The number of aliphatic hydroxyl groups excluding tert-OH is 1. The van der Waals surface area contributed by atoms with E-state index in [9.17, 15) is 4.79 Å². The predicted octanol–water partition coefficient (Wildman–Crippen LogP) is 1.70.